The molecule has 2 aromatic carbocycles. The number of nitrogens with two attached hydrogens (primary N) is 1. The minimum atomic E-state index is -0.325. The highest BCUT2D eigenvalue weighted by molar-refractivity contribution is 8.18. The average Bonchev–Trinajstić information content (AvgIpc) is 3.00. The van der Waals surface area contributed by atoms with E-state index in [-0.39, 0.29) is 11.1 Å². The molecule has 0 atom stereocenters. The molecule has 0 aromatic heterocycles. The highest BCUT2D eigenvalue weighted by Gasteiger charge is 2.19. The average molecular weight is 413 g/mol. The summed E-state index contributed by atoms with van der Waals surface area (Å²) in [5, 5.41) is 0.259. The van der Waals surface area contributed by atoms with Crippen LogP contribution in [0.3, 0.4) is 0 Å². The van der Waals surface area contributed by atoms with Gasteiger partial charge in [0.05, 0.1) is 11.5 Å². The quantitative estimate of drug-likeness (QED) is 0.519. The van der Waals surface area contributed by atoms with Crippen LogP contribution in [0.25, 0.3) is 6.08 Å². The third-order valence-electron chi connectivity index (χ3n) is 4.29. The van der Waals surface area contributed by atoms with Gasteiger partial charge in [0.15, 0.2) is 16.7 Å². The fraction of sp³-hybridized carbons (Fsp3) is 0.273. The van der Waals surface area contributed by atoms with Gasteiger partial charge in [0.25, 0.3) is 5.91 Å². The summed E-state index contributed by atoms with van der Waals surface area (Å²) < 4.78 is 17.3. The molecule has 1 amide bonds. The van der Waals surface area contributed by atoms with E-state index in [9.17, 15) is 4.79 Å². The lowest BCUT2D eigenvalue weighted by Crippen LogP contribution is -2.10. The Balaban J connectivity index is 1.62. The molecular formula is C22H24N2O4S. The molecule has 2 N–H and O–H groups in total. The van der Waals surface area contributed by atoms with Gasteiger partial charge in [-0.1, -0.05) is 12.1 Å². The Kier molecular flexibility index (Phi) is 6.82. The van der Waals surface area contributed by atoms with Crippen LogP contribution < -0.4 is 19.9 Å². The van der Waals surface area contributed by atoms with Crippen molar-refractivity contribution in [3.8, 4) is 17.2 Å². The monoisotopic (exact) mass is 412 g/mol. The maximum absolute atomic E-state index is 11.8. The van der Waals surface area contributed by atoms with E-state index in [1.807, 2.05) is 43.3 Å². The number of thioether (sulfide) groups is 1. The summed E-state index contributed by atoms with van der Waals surface area (Å²) in [5.74, 6) is 1.73. The number of carbonyl (C=O) groups excluding carboxylic acids is 1. The first-order valence-corrected chi connectivity index (χ1v) is 10.2. The second kappa shape index (κ2) is 9.52. The van der Waals surface area contributed by atoms with Crippen LogP contribution in [-0.4, -0.2) is 30.9 Å². The SMILES string of the molecule is CCOc1cc(/C=C2/SC(N)=NC2=O)ccc1OCCOc1ccc(C)c(C)c1. The third-order valence-corrected chi connectivity index (χ3v) is 5.10. The number of hydrogen-bond donors (Lipinski definition) is 1. The number of amides is 1. The Morgan fingerprint density at radius 1 is 1.00 bits per heavy atom. The Morgan fingerprint density at radius 2 is 1.79 bits per heavy atom. The van der Waals surface area contributed by atoms with E-state index in [4.69, 9.17) is 19.9 Å². The number of nitrogens with zero attached hydrogens (tertiary/aromatic N) is 1. The van der Waals surface area contributed by atoms with E-state index in [0.717, 1.165) is 23.1 Å². The van der Waals surface area contributed by atoms with Crippen molar-refractivity contribution < 1.29 is 19.0 Å². The minimum Gasteiger partial charge on any atom is -0.490 e. The molecule has 29 heavy (non-hydrogen) atoms. The molecule has 0 spiro atoms. The first-order chi connectivity index (χ1) is 14.0. The number of aryl methyl sites for hydroxylation is 2. The van der Waals surface area contributed by atoms with Crippen LogP contribution in [0.2, 0.25) is 0 Å². The lowest BCUT2D eigenvalue weighted by atomic mass is 10.1. The largest absolute Gasteiger partial charge is 0.490 e. The van der Waals surface area contributed by atoms with Crippen LogP contribution in [-0.2, 0) is 4.79 Å². The standard InChI is InChI=1S/C22H24N2O4S/c1-4-26-19-12-16(13-20-21(25)24-22(23)29-20)6-8-18(19)28-10-9-27-17-7-5-14(2)15(3)11-17/h5-8,11-13H,4,9-10H2,1-3H3,(H2,23,24,25)/b20-13+. The van der Waals surface area contributed by atoms with Crippen molar-refractivity contribution in [2.75, 3.05) is 19.8 Å². The lowest BCUT2D eigenvalue weighted by Gasteiger charge is -2.13. The van der Waals surface area contributed by atoms with Crippen molar-refractivity contribution in [2.24, 2.45) is 10.7 Å². The molecule has 0 bridgehead atoms. The summed E-state index contributed by atoms with van der Waals surface area (Å²) in [6.45, 7) is 7.33. The highest BCUT2D eigenvalue weighted by Crippen LogP contribution is 2.32. The fourth-order valence-corrected chi connectivity index (χ4v) is 3.38. The van der Waals surface area contributed by atoms with Crippen LogP contribution in [0, 0.1) is 13.8 Å². The van der Waals surface area contributed by atoms with Gasteiger partial charge < -0.3 is 19.9 Å². The summed E-state index contributed by atoms with van der Waals surface area (Å²) in [5.41, 5.74) is 8.83. The van der Waals surface area contributed by atoms with Crippen LogP contribution in [0.15, 0.2) is 46.3 Å². The van der Waals surface area contributed by atoms with Crippen molar-refractivity contribution >= 4 is 28.9 Å². The van der Waals surface area contributed by atoms with Gasteiger partial charge in [-0.2, -0.15) is 4.99 Å². The van der Waals surface area contributed by atoms with Crippen molar-refractivity contribution in [1.82, 2.24) is 0 Å². The van der Waals surface area contributed by atoms with E-state index in [0.29, 0.717) is 36.2 Å². The van der Waals surface area contributed by atoms with Gasteiger partial charge in [-0.15, -0.1) is 0 Å². The number of carbonyl (C=O) groups is 1. The predicted octanol–water partition coefficient (Wildman–Crippen LogP) is 4.09. The Hall–Kier alpha value is -2.93. The van der Waals surface area contributed by atoms with Crippen molar-refractivity contribution in [2.45, 2.75) is 20.8 Å². The second-order valence-electron chi connectivity index (χ2n) is 6.45. The van der Waals surface area contributed by atoms with Crippen molar-refractivity contribution in [3.05, 3.63) is 58.0 Å². The Bertz CT molecular complexity index is 969. The topological polar surface area (TPSA) is 83.1 Å². The van der Waals surface area contributed by atoms with E-state index < -0.39 is 0 Å². The third kappa shape index (κ3) is 5.54. The molecule has 7 heteroatoms. The van der Waals surface area contributed by atoms with Gasteiger partial charge in [0, 0.05) is 0 Å². The first kappa shape index (κ1) is 20.8. The zero-order chi connectivity index (χ0) is 20.8. The number of aliphatic imine (C=N–C) groups is 1. The van der Waals surface area contributed by atoms with Crippen LogP contribution in [0.1, 0.15) is 23.6 Å². The zero-order valence-electron chi connectivity index (χ0n) is 16.7. The summed E-state index contributed by atoms with van der Waals surface area (Å²) in [6, 6.07) is 11.5. The molecular weight excluding hydrogens is 388 g/mol. The summed E-state index contributed by atoms with van der Waals surface area (Å²) in [6.07, 6.45) is 1.74. The molecule has 2 aromatic rings. The number of rotatable bonds is 8. The van der Waals surface area contributed by atoms with Crippen LogP contribution in [0.5, 0.6) is 17.2 Å². The Labute approximate surface area is 174 Å². The molecule has 152 valence electrons. The molecule has 0 aliphatic carbocycles. The van der Waals surface area contributed by atoms with Gasteiger partial charge in [-0.3, -0.25) is 4.79 Å². The van der Waals surface area contributed by atoms with E-state index in [1.165, 1.54) is 11.1 Å². The minimum absolute atomic E-state index is 0.259. The maximum atomic E-state index is 11.8. The molecule has 0 radical (unpaired) electrons. The number of amidine groups is 1. The molecule has 6 nitrogen and oxygen atoms in total. The number of benzene rings is 2. The second-order valence-corrected chi connectivity index (χ2v) is 7.51. The maximum Gasteiger partial charge on any atom is 0.286 e. The fourth-order valence-electron chi connectivity index (χ4n) is 2.69. The normalized spacial score (nSPS) is 14.8. The lowest BCUT2D eigenvalue weighted by molar-refractivity contribution is -0.113. The van der Waals surface area contributed by atoms with Gasteiger partial charge in [0.1, 0.15) is 19.0 Å². The molecule has 0 saturated carbocycles. The molecule has 1 heterocycles. The molecule has 1 aliphatic heterocycles. The Morgan fingerprint density at radius 3 is 2.48 bits per heavy atom. The molecule has 1 aliphatic rings. The van der Waals surface area contributed by atoms with Crippen molar-refractivity contribution in [3.63, 3.8) is 0 Å². The molecule has 3 rings (SSSR count). The zero-order valence-corrected chi connectivity index (χ0v) is 17.5. The van der Waals surface area contributed by atoms with Gasteiger partial charge in [0.2, 0.25) is 0 Å². The predicted molar refractivity (Wildman–Crippen MR) is 117 cm³/mol. The van der Waals surface area contributed by atoms with Gasteiger partial charge >= 0.3 is 0 Å². The van der Waals surface area contributed by atoms with Crippen molar-refractivity contribution in [1.29, 1.82) is 0 Å². The van der Waals surface area contributed by atoms with Gasteiger partial charge in [-0.25, -0.2) is 0 Å². The summed E-state index contributed by atoms with van der Waals surface area (Å²) in [4.78, 5) is 16.0. The van der Waals surface area contributed by atoms with Gasteiger partial charge in [-0.05, 0) is 79.6 Å². The summed E-state index contributed by atoms with van der Waals surface area (Å²) >= 11 is 1.16. The molecule has 0 saturated heterocycles. The number of hydrogen-bond acceptors (Lipinski definition) is 6. The summed E-state index contributed by atoms with van der Waals surface area (Å²) in [7, 11) is 0. The molecule has 0 unspecified atom stereocenters. The first-order valence-electron chi connectivity index (χ1n) is 9.34. The van der Waals surface area contributed by atoms with Crippen LogP contribution >= 0.6 is 11.8 Å². The number of ether oxygens (including phenoxy) is 3. The van der Waals surface area contributed by atoms with E-state index in [2.05, 4.69) is 18.8 Å². The molecule has 0 fully saturated rings. The highest BCUT2D eigenvalue weighted by atomic mass is 32.2. The van der Waals surface area contributed by atoms with E-state index in [1.54, 1.807) is 6.08 Å². The van der Waals surface area contributed by atoms with E-state index >= 15 is 0 Å². The smallest absolute Gasteiger partial charge is 0.286 e. The van der Waals surface area contributed by atoms with Crippen LogP contribution in [0.4, 0.5) is 0 Å².